The highest BCUT2D eigenvalue weighted by atomic mass is 31.2. The third-order valence-corrected chi connectivity index (χ3v) is 16.0. The van der Waals surface area contributed by atoms with Crippen LogP contribution < -0.4 is 0 Å². The lowest BCUT2D eigenvalue weighted by Gasteiger charge is -2.21. The first kappa shape index (κ1) is 91.0. The van der Waals surface area contributed by atoms with Crippen molar-refractivity contribution >= 4 is 39.5 Å². The van der Waals surface area contributed by atoms with E-state index in [4.69, 9.17) is 37.0 Å². The third kappa shape index (κ3) is 72.2. The number of carbonyl (C=O) groups is 4. The Labute approximate surface area is 548 Å². The Balaban J connectivity index is -0.00000339. The van der Waals surface area contributed by atoms with Gasteiger partial charge in [-0.05, 0) is 103 Å². The molecule has 90 heavy (non-hydrogen) atoms. The largest absolute Gasteiger partial charge is 0.472 e. The molecule has 0 fully saturated rings. The van der Waals surface area contributed by atoms with Crippen LogP contribution in [0.15, 0.2) is 61.3 Å². The van der Waals surface area contributed by atoms with Crippen LogP contribution in [0.25, 0.3) is 0 Å². The zero-order valence-electron chi connectivity index (χ0n) is 57.8. The second-order valence-electron chi connectivity index (χ2n) is 23.0. The molecule has 0 aromatic rings. The van der Waals surface area contributed by atoms with Crippen molar-refractivity contribution in [3.05, 3.63) is 61.3 Å². The Morgan fingerprint density at radius 3 is 1.10 bits per heavy atom. The summed E-state index contributed by atoms with van der Waals surface area (Å²) in [6.07, 6.45) is 57.5. The number of hydrogen-bond donors (Lipinski definition) is 3. The van der Waals surface area contributed by atoms with E-state index in [-0.39, 0.29) is 25.7 Å². The molecule has 0 radical (unpaired) electrons. The molecular weight excluding hydrogens is 1190 g/mol. The number of ether oxygens (including phenoxy) is 4. The maximum atomic E-state index is 12.7. The Bertz CT molecular complexity index is 1870. The average molecular weight is 1320 g/mol. The monoisotopic (exact) mass is 1320 g/mol. The van der Waals surface area contributed by atoms with Gasteiger partial charge in [-0.25, -0.2) is 9.13 Å². The van der Waals surface area contributed by atoms with E-state index in [2.05, 4.69) is 89.8 Å². The molecule has 0 amide bonds. The van der Waals surface area contributed by atoms with Crippen LogP contribution in [0, 0.1) is 0 Å². The predicted octanol–water partition coefficient (Wildman–Crippen LogP) is 20.0. The van der Waals surface area contributed by atoms with Crippen molar-refractivity contribution in [2.24, 2.45) is 0 Å². The van der Waals surface area contributed by atoms with Gasteiger partial charge < -0.3 is 33.8 Å². The van der Waals surface area contributed by atoms with E-state index in [0.29, 0.717) is 19.3 Å². The lowest BCUT2D eigenvalue weighted by atomic mass is 10.1. The first-order valence-corrected chi connectivity index (χ1v) is 38.3. The highest BCUT2D eigenvalue weighted by Crippen LogP contribution is 2.45. The Kier molecular flexibility index (Phi) is 70.8. The molecule has 17 nitrogen and oxygen atoms in total. The van der Waals surface area contributed by atoms with Gasteiger partial charge in [-0.3, -0.25) is 37.3 Å². The molecule has 0 saturated carbocycles. The molecule has 3 N–H and O–H groups in total. The van der Waals surface area contributed by atoms with Crippen LogP contribution in [0.5, 0.6) is 0 Å². The minimum absolute atomic E-state index is 0.0435. The predicted molar refractivity (Wildman–Crippen MR) is 367 cm³/mol. The molecule has 19 heteroatoms. The average Bonchev–Trinajstić information content (AvgIpc) is 3.37. The molecule has 0 rings (SSSR count). The number of rotatable bonds is 62. The van der Waals surface area contributed by atoms with Crippen molar-refractivity contribution < 1.29 is 80.2 Å². The van der Waals surface area contributed by atoms with Gasteiger partial charge in [0.15, 0.2) is 12.2 Å². The fourth-order valence-corrected chi connectivity index (χ4v) is 10.1. The van der Waals surface area contributed by atoms with Gasteiger partial charge in [0.05, 0.1) is 26.4 Å². The molecule has 0 aromatic carbocycles. The summed E-state index contributed by atoms with van der Waals surface area (Å²) in [5.41, 5.74) is 0. The van der Waals surface area contributed by atoms with Crippen LogP contribution in [-0.4, -0.2) is 96.7 Å². The molecule has 0 aliphatic heterocycles. The van der Waals surface area contributed by atoms with E-state index in [1.807, 2.05) is 13.0 Å². The molecular formula is C71H132O17P2. The maximum absolute atomic E-state index is 12.7. The molecule has 0 saturated heterocycles. The van der Waals surface area contributed by atoms with Crippen LogP contribution in [0.3, 0.4) is 0 Å². The summed E-state index contributed by atoms with van der Waals surface area (Å²) in [7, 11) is -9.83. The van der Waals surface area contributed by atoms with E-state index in [1.165, 1.54) is 128 Å². The fraction of sp³-hybridized carbons (Fsp3) is 0.803. The summed E-state index contributed by atoms with van der Waals surface area (Å²) in [6.45, 7) is 14.2. The molecule has 5 atom stereocenters. The summed E-state index contributed by atoms with van der Waals surface area (Å²) in [4.78, 5) is 69.8. The van der Waals surface area contributed by atoms with Gasteiger partial charge in [0.25, 0.3) is 0 Å². The van der Waals surface area contributed by atoms with Crippen LogP contribution >= 0.6 is 15.6 Å². The Morgan fingerprint density at radius 2 is 0.689 bits per heavy atom. The van der Waals surface area contributed by atoms with Crippen molar-refractivity contribution in [1.82, 2.24) is 0 Å². The number of aliphatic hydroxyl groups is 1. The van der Waals surface area contributed by atoms with Gasteiger partial charge in [-0.1, -0.05) is 238 Å². The van der Waals surface area contributed by atoms with Gasteiger partial charge in [0.2, 0.25) is 0 Å². The molecule has 0 aromatic heterocycles. The number of aliphatic hydroxyl groups excluding tert-OH is 1. The van der Waals surface area contributed by atoms with Crippen molar-refractivity contribution in [1.29, 1.82) is 0 Å². The SMILES string of the molecule is C=CCCCCCCCC.CC/C=C\CCCCC.CCCC/C=C/C/C=C/CCCCCCCC(=O)O[C@H](COC(=O)CC)COP(=O)(O)OC[C@@H](O)COP(=O)(O)OC[C@@H](COC(=O)CCCC)OC(=O)CCCCCCCCCC/C=C\CCCCC. The molecule has 0 aliphatic carbocycles. The van der Waals surface area contributed by atoms with Crippen LogP contribution in [0.1, 0.15) is 312 Å². The normalized spacial score (nSPS) is 13.9. The Morgan fingerprint density at radius 1 is 0.367 bits per heavy atom. The number of unbranched alkanes of at least 4 members (excludes halogenated alkanes) is 28. The fourth-order valence-electron chi connectivity index (χ4n) is 8.52. The van der Waals surface area contributed by atoms with Crippen molar-refractivity contribution in [2.75, 3.05) is 39.6 Å². The smallest absolute Gasteiger partial charge is 0.462 e. The van der Waals surface area contributed by atoms with Crippen molar-refractivity contribution in [2.45, 2.75) is 330 Å². The second kappa shape index (κ2) is 70.1. The van der Waals surface area contributed by atoms with Crippen LogP contribution in [-0.2, 0) is 65.4 Å². The number of carbonyl (C=O) groups excluding carboxylic acids is 4. The van der Waals surface area contributed by atoms with Crippen LogP contribution in [0.2, 0.25) is 0 Å². The molecule has 2 unspecified atom stereocenters. The summed E-state index contributed by atoms with van der Waals surface area (Å²) in [5.74, 6) is -2.32. The first-order valence-electron chi connectivity index (χ1n) is 35.3. The molecule has 0 bridgehead atoms. The number of hydrogen-bond acceptors (Lipinski definition) is 15. The zero-order chi connectivity index (χ0) is 67.3. The van der Waals surface area contributed by atoms with E-state index >= 15 is 0 Å². The standard InChI is InChI=1S/C52H94O17P2.C10H20.C9H18/c1-5-9-12-14-16-18-20-22-24-26-28-30-32-34-36-39-52(57)69-48(43-63-50(55)37-11-7-3)45-67-71(60,61)65-41-46(53)40-64-70(58,59)66-44-47(42-62-49(54)8-4)68-51(56)38-35-33-31-29-27-25-23-21-19-17-15-13-10-6-2;1-3-5-7-9-10-8-6-4-2;1-3-5-7-9-8-6-4-2/h15-18,21,23,46-48,53H,5-14,19-20,22,24-45H2,1-4H3,(H,58,59)(H,60,61);3H,1,4-10H2,2H3;5,7H,3-4,6,8-9H2,1-2H3/b17-15+,18-16-,23-21+;;7-5-/t46-,47-,48-;;/m1../s1. The van der Waals surface area contributed by atoms with Gasteiger partial charge in [-0.15, -0.1) is 6.58 Å². The summed E-state index contributed by atoms with van der Waals surface area (Å²) >= 11 is 0. The number of allylic oxidation sites excluding steroid dienone is 9. The highest BCUT2D eigenvalue weighted by Gasteiger charge is 2.30. The topological polar surface area (TPSA) is 237 Å². The first-order chi connectivity index (χ1) is 43.5. The molecule has 0 aliphatic rings. The lowest BCUT2D eigenvalue weighted by molar-refractivity contribution is -0.161. The van der Waals surface area contributed by atoms with Gasteiger partial charge in [0.1, 0.15) is 19.3 Å². The minimum atomic E-state index is -4.92. The summed E-state index contributed by atoms with van der Waals surface area (Å²) < 4.78 is 66.1. The maximum Gasteiger partial charge on any atom is 0.472 e. The zero-order valence-corrected chi connectivity index (χ0v) is 59.6. The van der Waals surface area contributed by atoms with E-state index < -0.39 is 97.5 Å². The number of esters is 4. The van der Waals surface area contributed by atoms with Gasteiger partial charge in [0, 0.05) is 25.7 Å². The lowest BCUT2D eigenvalue weighted by Crippen LogP contribution is -2.30. The minimum Gasteiger partial charge on any atom is -0.462 e. The molecule has 0 spiro atoms. The van der Waals surface area contributed by atoms with Crippen LogP contribution in [0.4, 0.5) is 0 Å². The quantitative estimate of drug-likeness (QED) is 0.0169. The van der Waals surface area contributed by atoms with E-state index in [1.54, 1.807) is 6.92 Å². The van der Waals surface area contributed by atoms with E-state index in [0.717, 1.165) is 89.9 Å². The Hall–Kier alpha value is -3.24. The van der Waals surface area contributed by atoms with Crippen molar-refractivity contribution in [3.8, 4) is 0 Å². The summed E-state index contributed by atoms with van der Waals surface area (Å²) in [5, 5.41) is 10.3. The number of phosphoric acid groups is 2. The second-order valence-corrected chi connectivity index (χ2v) is 25.9. The molecule has 528 valence electrons. The third-order valence-electron chi connectivity index (χ3n) is 14.0. The van der Waals surface area contributed by atoms with Gasteiger partial charge in [-0.2, -0.15) is 0 Å². The van der Waals surface area contributed by atoms with Gasteiger partial charge >= 0.3 is 39.5 Å². The number of phosphoric ester groups is 2. The van der Waals surface area contributed by atoms with E-state index in [9.17, 15) is 43.2 Å². The summed E-state index contributed by atoms with van der Waals surface area (Å²) in [6, 6.07) is 0. The van der Waals surface area contributed by atoms with Crippen molar-refractivity contribution in [3.63, 3.8) is 0 Å². The highest BCUT2D eigenvalue weighted by molar-refractivity contribution is 7.47. The molecule has 0 heterocycles.